The normalized spacial score (nSPS) is 14.8. The van der Waals surface area contributed by atoms with Crippen LogP contribution in [0.3, 0.4) is 0 Å². The van der Waals surface area contributed by atoms with Gasteiger partial charge in [-0.1, -0.05) is 80.8 Å². The van der Waals surface area contributed by atoms with Gasteiger partial charge < -0.3 is 10.6 Å². The molecule has 4 rings (SSSR count). The Kier molecular flexibility index (Phi) is 8.64. The highest BCUT2D eigenvalue weighted by molar-refractivity contribution is 8.00. The van der Waals surface area contributed by atoms with E-state index < -0.39 is 5.25 Å². The second kappa shape index (κ2) is 12.1. The smallest absolute Gasteiger partial charge is 0.242 e. The monoisotopic (exact) mass is 486 g/mol. The van der Waals surface area contributed by atoms with Crippen molar-refractivity contribution in [1.29, 1.82) is 0 Å². The summed E-state index contributed by atoms with van der Waals surface area (Å²) >= 11 is 1.50. The fourth-order valence-electron chi connectivity index (χ4n) is 4.68. The molecule has 4 nitrogen and oxygen atoms in total. The number of amides is 2. The molecule has 0 spiro atoms. The summed E-state index contributed by atoms with van der Waals surface area (Å²) in [5.74, 6) is 0.155. The molecule has 1 unspecified atom stereocenters. The topological polar surface area (TPSA) is 58.2 Å². The lowest BCUT2D eigenvalue weighted by Crippen LogP contribution is -2.24. The van der Waals surface area contributed by atoms with Gasteiger partial charge in [0.25, 0.3) is 0 Å². The van der Waals surface area contributed by atoms with Crippen molar-refractivity contribution in [1.82, 2.24) is 0 Å². The van der Waals surface area contributed by atoms with Crippen LogP contribution >= 0.6 is 11.8 Å². The first-order valence-electron chi connectivity index (χ1n) is 12.6. The average Bonchev–Trinajstić information content (AvgIpc) is 2.89. The highest BCUT2D eigenvalue weighted by atomic mass is 32.2. The van der Waals surface area contributed by atoms with Gasteiger partial charge in [-0.15, -0.1) is 11.8 Å². The zero-order valence-electron chi connectivity index (χ0n) is 20.6. The number of thioether (sulfide) groups is 1. The van der Waals surface area contributed by atoms with Crippen molar-refractivity contribution >= 4 is 35.0 Å². The maximum atomic E-state index is 13.6. The standard InChI is InChI=1S/C30H34N2O2S/c1-3-22-17-10-12-21(2)27(22)32-30(34)28(23-13-6-4-7-14-23)35-26-19-11-18-25(20-26)31-29(33)24-15-8-5-9-16-24/h4,6-7,10-14,17-20,24,28H,3,5,8-9,15-16H2,1-2H3,(H,31,33)(H,32,34). The van der Waals surface area contributed by atoms with E-state index in [1.54, 1.807) is 0 Å². The summed E-state index contributed by atoms with van der Waals surface area (Å²) in [4.78, 5) is 27.3. The van der Waals surface area contributed by atoms with Gasteiger partial charge in [-0.05, 0) is 61.1 Å². The molecule has 35 heavy (non-hydrogen) atoms. The largest absolute Gasteiger partial charge is 0.326 e. The van der Waals surface area contributed by atoms with Crippen LogP contribution in [-0.2, 0) is 16.0 Å². The third-order valence-electron chi connectivity index (χ3n) is 6.66. The van der Waals surface area contributed by atoms with Crippen molar-refractivity contribution in [3.8, 4) is 0 Å². The Balaban J connectivity index is 1.54. The summed E-state index contributed by atoms with van der Waals surface area (Å²) < 4.78 is 0. The number of benzene rings is 3. The van der Waals surface area contributed by atoms with Gasteiger partial charge in [-0.2, -0.15) is 0 Å². The molecule has 1 saturated carbocycles. The second-order valence-corrected chi connectivity index (χ2v) is 10.4. The van der Waals surface area contributed by atoms with E-state index in [9.17, 15) is 9.59 Å². The maximum absolute atomic E-state index is 13.6. The van der Waals surface area contributed by atoms with Crippen LogP contribution in [0.25, 0.3) is 0 Å². The van der Waals surface area contributed by atoms with E-state index in [2.05, 4.69) is 23.6 Å². The summed E-state index contributed by atoms with van der Waals surface area (Å²) in [6.45, 7) is 4.12. The van der Waals surface area contributed by atoms with Crippen LogP contribution in [0.1, 0.15) is 61.0 Å². The fourth-order valence-corrected chi connectivity index (χ4v) is 5.77. The van der Waals surface area contributed by atoms with E-state index in [1.165, 1.54) is 18.2 Å². The first-order chi connectivity index (χ1) is 17.0. The predicted octanol–water partition coefficient (Wildman–Crippen LogP) is 7.55. The number of nitrogens with one attached hydrogen (secondary N) is 2. The number of hydrogen-bond acceptors (Lipinski definition) is 3. The Morgan fingerprint density at radius 3 is 2.40 bits per heavy atom. The zero-order chi connectivity index (χ0) is 24.6. The molecule has 0 saturated heterocycles. The van der Waals surface area contributed by atoms with E-state index in [4.69, 9.17) is 0 Å². The van der Waals surface area contributed by atoms with E-state index in [-0.39, 0.29) is 17.7 Å². The molecule has 1 fully saturated rings. The minimum Gasteiger partial charge on any atom is -0.326 e. The molecule has 2 amide bonds. The molecule has 5 heteroatoms. The van der Waals surface area contributed by atoms with Crippen molar-refractivity contribution in [2.24, 2.45) is 5.92 Å². The van der Waals surface area contributed by atoms with Crippen LogP contribution in [0.15, 0.2) is 77.7 Å². The van der Waals surface area contributed by atoms with Crippen molar-refractivity contribution in [2.45, 2.75) is 62.5 Å². The number of carbonyl (C=O) groups is 2. The molecule has 3 aromatic rings. The van der Waals surface area contributed by atoms with E-state index in [1.807, 2.05) is 73.7 Å². The molecule has 0 heterocycles. The lowest BCUT2D eigenvalue weighted by Gasteiger charge is -2.21. The Hall–Kier alpha value is -3.05. The van der Waals surface area contributed by atoms with Gasteiger partial charge in [-0.25, -0.2) is 0 Å². The summed E-state index contributed by atoms with van der Waals surface area (Å²) in [5.41, 5.74) is 4.81. The summed E-state index contributed by atoms with van der Waals surface area (Å²) in [6.07, 6.45) is 6.26. The quantitative estimate of drug-likeness (QED) is 0.323. The molecule has 0 bridgehead atoms. The van der Waals surface area contributed by atoms with E-state index in [0.717, 1.165) is 65.1 Å². The minimum absolute atomic E-state index is 0.0538. The van der Waals surface area contributed by atoms with Gasteiger partial charge in [0.1, 0.15) is 5.25 Å². The van der Waals surface area contributed by atoms with Crippen molar-refractivity contribution in [2.75, 3.05) is 10.6 Å². The first-order valence-corrected chi connectivity index (χ1v) is 13.4. The molecule has 1 aliphatic carbocycles. The van der Waals surface area contributed by atoms with Crippen molar-refractivity contribution in [3.05, 3.63) is 89.5 Å². The number of carbonyl (C=O) groups excluding carboxylic acids is 2. The van der Waals surface area contributed by atoms with Gasteiger partial charge in [-0.3, -0.25) is 9.59 Å². The Morgan fingerprint density at radius 1 is 0.914 bits per heavy atom. The van der Waals surface area contributed by atoms with Gasteiger partial charge in [0, 0.05) is 22.2 Å². The average molecular weight is 487 g/mol. The number of anilines is 2. The van der Waals surface area contributed by atoms with Crippen LogP contribution in [0.2, 0.25) is 0 Å². The van der Waals surface area contributed by atoms with Crippen molar-refractivity contribution in [3.63, 3.8) is 0 Å². The minimum atomic E-state index is -0.426. The maximum Gasteiger partial charge on any atom is 0.242 e. The molecular formula is C30H34N2O2S. The predicted molar refractivity (Wildman–Crippen MR) is 146 cm³/mol. The Labute approximate surface area is 212 Å². The number of aryl methyl sites for hydroxylation is 2. The van der Waals surface area contributed by atoms with Crippen LogP contribution in [0.5, 0.6) is 0 Å². The highest BCUT2D eigenvalue weighted by Crippen LogP contribution is 2.38. The first kappa shape index (κ1) is 25.1. The summed E-state index contributed by atoms with van der Waals surface area (Å²) in [5, 5.41) is 5.89. The van der Waals surface area contributed by atoms with Crippen LogP contribution in [-0.4, -0.2) is 11.8 Å². The molecule has 0 aromatic heterocycles. The lowest BCUT2D eigenvalue weighted by molar-refractivity contribution is -0.120. The lowest BCUT2D eigenvalue weighted by atomic mass is 9.88. The number of para-hydroxylation sites is 1. The number of rotatable bonds is 8. The van der Waals surface area contributed by atoms with Gasteiger partial charge in [0.2, 0.25) is 11.8 Å². The molecule has 182 valence electrons. The molecule has 0 aliphatic heterocycles. The molecular weight excluding hydrogens is 452 g/mol. The van der Waals surface area contributed by atoms with Crippen LogP contribution in [0.4, 0.5) is 11.4 Å². The van der Waals surface area contributed by atoms with Gasteiger partial charge >= 0.3 is 0 Å². The zero-order valence-corrected chi connectivity index (χ0v) is 21.4. The molecule has 2 N–H and O–H groups in total. The second-order valence-electron chi connectivity index (χ2n) is 9.21. The van der Waals surface area contributed by atoms with Gasteiger partial charge in [0.15, 0.2) is 0 Å². The third kappa shape index (κ3) is 6.55. The summed E-state index contributed by atoms with van der Waals surface area (Å²) in [7, 11) is 0. The third-order valence-corrected chi connectivity index (χ3v) is 7.91. The van der Waals surface area contributed by atoms with E-state index in [0.29, 0.717) is 0 Å². The fraction of sp³-hybridized carbons (Fsp3) is 0.333. The summed E-state index contributed by atoms with van der Waals surface area (Å²) in [6, 6.07) is 23.8. The molecule has 1 aliphatic rings. The number of hydrogen-bond donors (Lipinski definition) is 2. The Morgan fingerprint density at radius 2 is 1.66 bits per heavy atom. The SMILES string of the molecule is CCc1cccc(C)c1NC(=O)C(Sc1cccc(NC(=O)C2CCCCC2)c1)c1ccccc1. The van der Waals surface area contributed by atoms with Crippen molar-refractivity contribution < 1.29 is 9.59 Å². The van der Waals surface area contributed by atoms with Crippen LogP contribution in [0, 0.1) is 12.8 Å². The van der Waals surface area contributed by atoms with Gasteiger partial charge in [0.05, 0.1) is 0 Å². The Bertz CT molecular complexity index is 1160. The highest BCUT2D eigenvalue weighted by Gasteiger charge is 2.24. The molecule has 3 aromatic carbocycles. The molecule has 0 radical (unpaired) electrons. The van der Waals surface area contributed by atoms with E-state index >= 15 is 0 Å². The molecule has 1 atom stereocenters. The van der Waals surface area contributed by atoms with Crippen LogP contribution < -0.4 is 10.6 Å².